The van der Waals surface area contributed by atoms with E-state index in [0.29, 0.717) is 17.8 Å². The first-order chi connectivity index (χ1) is 16.3. The van der Waals surface area contributed by atoms with E-state index < -0.39 is 39.5 Å². The topological polar surface area (TPSA) is 107 Å². The Morgan fingerprint density at radius 1 is 1.23 bits per heavy atom. The molecule has 1 saturated heterocycles. The van der Waals surface area contributed by atoms with Crippen LogP contribution in [0.25, 0.3) is 4.96 Å². The molecule has 0 saturated carbocycles. The molecule has 0 N–H and O–H groups in total. The van der Waals surface area contributed by atoms with Gasteiger partial charge in [0.05, 0.1) is 12.6 Å². The van der Waals surface area contributed by atoms with E-state index in [4.69, 9.17) is 8.92 Å². The highest BCUT2D eigenvalue weighted by molar-refractivity contribution is 7.87. The predicted molar refractivity (Wildman–Crippen MR) is 128 cm³/mol. The predicted octanol–water partition coefficient (Wildman–Crippen LogP) is 3.89. The normalized spacial score (nSPS) is 19.1. The maximum Gasteiger partial charge on any atom is 0.410 e. The molecule has 2 unspecified atom stereocenters. The number of thiazole rings is 1. The minimum absolute atomic E-state index is 0.0611. The van der Waals surface area contributed by atoms with Crippen LogP contribution in [0.4, 0.5) is 9.18 Å². The van der Waals surface area contributed by atoms with Crippen LogP contribution in [0.5, 0.6) is 5.88 Å². The summed E-state index contributed by atoms with van der Waals surface area (Å²) in [6, 6.07) is 7.06. The minimum Gasteiger partial charge on any atom is -0.444 e. The summed E-state index contributed by atoms with van der Waals surface area (Å²) in [6.07, 6.45) is -0.0803. The van der Waals surface area contributed by atoms with E-state index in [2.05, 4.69) is 4.98 Å². The number of rotatable bonds is 4. The maximum absolute atomic E-state index is 15.1. The first-order valence-corrected chi connectivity index (χ1v) is 13.2. The molecule has 0 radical (unpaired) electrons. The Bertz CT molecular complexity index is 1410. The molecule has 1 aliphatic heterocycles. The van der Waals surface area contributed by atoms with Crippen molar-refractivity contribution in [2.24, 2.45) is 0 Å². The number of hydrogen-bond donors (Lipinski definition) is 0. The Morgan fingerprint density at radius 3 is 2.54 bits per heavy atom. The second-order valence-electron chi connectivity index (χ2n) is 9.41. The van der Waals surface area contributed by atoms with Crippen molar-refractivity contribution in [2.75, 3.05) is 13.1 Å². The summed E-state index contributed by atoms with van der Waals surface area (Å²) < 4.78 is 51.9. The van der Waals surface area contributed by atoms with E-state index in [1.165, 1.54) is 27.6 Å². The number of aryl methyl sites for hydroxylation is 1. The van der Waals surface area contributed by atoms with Crippen LogP contribution in [-0.4, -0.2) is 53.7 Å². The largest absolute Gasteiger partial charge is 0.444 e. The fourth-order valence-corrected chi connectivity index (χ4v) is 5.74. The second kappa shape index (κ2) is 9.23. The van der Waals surface area contributed by atoms with E-state index in [1.807, 2.05) is 6.92 Å². The lowest BCUT2D eigenvalue weighted by atomic mass is 9.94. The molecular formula is C23H26FN3O6S2. The van der Waals surface area contributed by atoms with Gasteiger partial charge >= 0.3 is 16.2 Å². The van der Waals surface area contributed by atoms with Crippen LogP contribution in [0.2, 0.25) is 0 Å². The summed E-state index contributed by atoms with van der Waals surface area (Å²) in [6.45, 7) is 7.24. The number of ether oxygens (including phenoxy) is 1. The van der Waals surface area contributed by atoms with Gasteiger partial charge in [0.15, 0.2) is 4.96 Å². The van der Waals surface area contributed by atoms with Crippen LogP contribution in [0.3, 0.4) is 0 Å². The lowest BCUT2D eigenvalue weighted by Gasteiger charge is -2.35. The van der Waals surface area contributed by atoms with Crippen molar-refractivity contribution in [3.05, 3.63) is 57.3 Å². The van der Waals surface area contributed by atoms with Gasteiger partial charge in [-0.2, -0.15) is 13.4 Å². The van der Waals surface area contributed by atoms with Crippen molar-refractivity contribution in [1.29, 1.82) is 0 Å². The van der Waals surface area contributed by atoms with Gasteiger partial charge in [0.2, 0.25) is 5.88 Å². The van der Waals surface area contributed by atoms with Gasteiger partial charge in [0.1, 0.15) is 16.7 Å². The molecule has 3 aromatic rings. The average molecular weight is 524 g/mol. The molecule has 0 bridgehead atoms. The summed E-state index contributed by atoms with van der Waals surface area (Å²) in [5.41, 5.74) is -0.339. The van der Waals surface area contributed by atoms with Gasteiger partial charge in [-0.15, -0.1) is 11.3 Å². The van der Waals surface area contributed by atoms with Gasteiger partial charge in [0, 0.05) is 23.5 Å². The van der Waals surface area contributed by atoms with Crippen LogP contribution < -0.4 is 9.74 Å². The number of amides is 1. The van der Waals surface area contributed by atoms with Gasteiger partial charge in [-0.05, 0) is 46.2 Å². The number of nitrogens with zero attached hydrogens (tertiary/aromatic N) is 3. The molecule has 9 nitrogen and oxygen atoms in total. The third-order valence-corrected chi connectivity index (χ3v) is 7.78. The molecule has 0 aliphatic carbocycles. The molecule has 35 heavy (non-hydrogen) atoms. The highest BCUT2D eigenvalue weighted by Gasteiger charge is 2.35. The molecule has 2 atom stereocenters. The molecule has 188 valence electrons. The van der Waals surface area contributed by atoms with Crippen molar-refractivity contribution in [2.45, 2.75) is 56.7 Å². The van der Waals surface area contributed by atoms with Crippen LogP contribution in [-0.2, 0) is 14.9 Å². The first kappa shape index (κ1) is 25.1. The Hall–Kier alpha value is -2.99. The molecule has 1 aliphatic rings. The summed E-state index contributed by atoms with van der Waals surface area (Å²) in [7, 11) is -4.18. The van der Waals surface area contributed by atoms with Crippen LogP contribution in [0, 0.1) is 6.92 Å². The minimum atomic E-state index is -4.18. The lowest BCUT2D eigenvalue weighted by molar-refractivity contribution is 0.0113. The van der Waals surface area contributed by atoms with E-state index >= 15 is 4.39 Å². The molecule has 4 rings (SSSR count). The molecule has 2 aromatic heterocycles. The Labute approximate surface area is 206 Å². The standard InChI is InChI=1S/C23H26FN3O6S2/c1-14-5-7-15(8-6-14)35(30,31)33-19-11-20(28)27-13-18(34-21(27)25-19)16-9-10-26(12-17(16)24)22(29)32-23(2,3)4/h5-8,11,13,16-17H,9-10,12H2,1-4H3. The van der Waals surface area contributed by atoms with Crippen LogP contribution >= 0.6 is 11.3 Å². The number of hydrogen-bond acceptors (Lipinski definition) is 8. The molecular weight excluding hydrogens is 497 g/mol. The highest BCUT2D eigenvalue weighted by atomic mass is 32.2. The van der Waals surface area contributed by atoms with Crippen molar-refractivity contribution in [3.8, 4) is 5.88 Å². The van der Waals surface area contributed by atoms with Crippen LogP contribution in [0.1, 0.15) is 43.6 Å². The summed E-state index contributed by atoms with van der Waals surface area (Å²) in [4.78, 5) is 31.1. The SMILES string of the molecule is Cc1ccc(S(=O)(=O)Oc2cc(=O)n3cc(C4CCN(C(=O)OC(C)(C)C)CC4F)sc3n2)cc1. The number of carbonyl (C=O) groups is 1. The summed E-state index contributed by atoms with van der Waals surface area (Å²) >= 11 is 1.08. The van der Waals surface area contributed by atoms with Crippen molar-refractivity contribution in [3.63, 3.8) is 0 Å². The number of fused-ring (bicyclic) bond motifs is 1. The molecule has 1 amide bonds. The van der Waals surface area contributed by atoms with Crippen molar-refractivity contribution in [1.82, 2.24) is 14.3 Å². The molecule has 1 fully saturated rings. The molecule has 12 heteroatoms. The number of benzene rings is 1. The summed E-state index contributed by atoms with van der Waals surface area (Å²) in [5, 5.41) is 0. The number of halogens is 1. The maximum atomic E-state index is 15.1. The number of alkyl halides is 1. The van der Waals surface area contributed by atoms with E-state index in [0.717, 1.165) is 23.0 Å². The van der Waals surface area contributed by atoms with Gasteiger partial charge in [-0.25, -0.2) is 9.18 Å². The van der Waals surface area contributed by atoms with Crippen LogP contribution in [0.15, 0.2) is 46.2 Å². The average Bonchev–Trinajstić information content (AvgIpc) is 3.17. The van der Waals surface area contributed by atoms with Crippen molar-refractivity contribution < 1.29 is 26.5 Å². The third-order valence-electron chi connectivity index (χ3n) is 5.43. The zero-order valence-corrected chi connectivity index (χ0v) is 21.4. The molecule has 3 heterocycles. The van der Waals surface area contributed by atoms with Gasteiger partial charge < -0.3 is 13.8 Å². The quantitative estimate of drug-likeness (QED) is 0.478. The van der Waals surface area contributed by atoms with Crippen molar-refractivity contribution >= 4 is 32.5 Å². The highest BCUT2D eigenvalue weighted by Crippen LogP contribution is 2.35. The third kappa shape index (κ3) is 5.64. The first-order valence-electron chi connectivity index (χ1n) is 11.0. The van der Waals surface area contributed by atoms with E-state index in [9.17, 15) is 18.0 Å². The molecule has 1 aromatic carbocycles. The summed E-state index contributed by atoms with van der Waals surface area (Å²) in [5.74, 6) is -0.902. The Kier molecular flexibility index (Phi) is 6.62. The monoisotopic (exact) mass is 523 g/mol. The number of aromatic nitrogens is 2. The number of piperidine rings is 1. The number of likely N-dealkylation sites (tertiary alicyclic amines) is 1. The fourth-order valence-electron chi connectivity index (χ4n) is 3.70. The molecule has 0 spiro atoms. The Balaban J connectivity index is 1.53. The lowest BCUT2D eigenvalue weighted by Crippen LogP contribution is -2.46. The second-order valence-corrected chi connectivity index (χ2v) is 12.0. The van der Waals surface area contributed by atoms with Gasteiger partial charge in [-0.1, -0.05) is 17.7 Å². The zero-order valence-electron chi connectivity index (χ0n) is 19.7. The van der Waals surface area contributed by atoms with E-state index in [-0.39, 0.29) is 22.3 Å². The van der Waals surface area contributed by atoms with E-state index in [1.54, 1.807) is 32.9 Å². The smallest absolute Gasteiger partial charge is 0.410 e. The van der Waals surface area contributed by atoms with Gasteiger partial charge in [0.25, 0.3) is 5.56 Å². The number of carbonyl (C=O) groups excluding carboxylic acids is 1. The Morgan fingerprint density at radius 2 is 1.91 bits per heavy atom. The zero-order chi connectivity index (χ0) is 25.5. The fraction of sp³-hybridized carbons (Fsp3) is 0.435. The van der Waals surface area contributed by atoms with Gasteiger partial charge in [-0.3, -0.25) is 9.20 Å².